The molecule has 0 aromatic rings. The number of halogens is 2. The molecule has 2 saturated carbocycles. The van der Waals surface area contributed by atoms with E-state index in [1.54, 1.807) is 0 Å². The van der Waals surface area contributed by atoms with Gasteiger partial charge in [-0.05, 0) is 74.6 Å². The molecule has 2 rings (SSSR count). The van der Waals surface area contributed by atoms with Crippen LogP contribution in [-0.2, 0) is 33.5 Å². The Bertz CT molecular complexity index is 682. The van der Waals surface area contributed by atoms with Crippen LogP contribution in [0.5, 0.6) is 0 Å². The summed E-state index contributed by atoms with van der Waals surface area (Å²) in [5, 5.41) is 17.9. The lowest BCUT2D eigenvalue weighted by atomic mass is 9.69. The number of carboxylic acids is 2. The van der Waals surface area contributed by atoms with Crippen molar-refractivity contribution in [3.63, 3.8) is 0 Å². The fourth-order valence-electron chi connectivity index (χ4n) is 3.97. The van der Waals surface area contributed by atoms with Crippen molar-refractivity contribution >= 4 is 57.6 Å². The minimum absolute atomic E-state index is 0.0293. The molecule has 2 fully saturated rings. The van der Waals surface area contributed by atoms with Gasteiger partial charge in [-0.1, -0.05) is 0 Å². The minimum atomic E-state index is -2.05. The quantitative estimate of drug-likeness (QED) is 0.351. The summed E-state index contributed by atoms with van der Waals surface area (Å²) >= 11 is 10.9. The number of carbonyl (C=O) groups excluding carboxylic acids is 4. The maximum Gasteiger partial charge on any atom is 0.331 e. The summed E-state index contributed by atoms with van der Waals surface area (Å²) in [5.74, 6) is -6.94. The van der Waals surface area contributed by atoms with Crippen LogP contribution in [0.1, 0.15) is 51.4 Å². The van der Waals surface area contributed by atoms with E-state index in [1.807, 2.05) is 0 Å². The molecular weight excluding hydrogens is 431 g/mol. The molecule has 0 heterocycles. The predicted octanol–water partition coefficient (Wildman–Crippen LogP) is 2.11. The number of rotatable bonds is 6. The Hall–Kier alpha value is -2.00. The molecule has 0 aliphatic heterocycles. The molecule has 160 valence electrons. The van der Waals surface area contributed by atoms with E-state index in [0.29, 0.717) is 0 Å². The van der Waals surface area contributed by atoms with Gasteiger partial charge < -0.3 is 14.9 Å². The summed E-state index contributed by atoms with van der Waals surface area (Å²) in [5.41, 5.74) is -4.11. The van der Waals surface area contributed by atoms with Crippen molar-refractivity contribution in [1.82, 2.24) is 0 Å². The zero-order chi connectivity index (χ0) is 22.0. The van der Waals surface area contributed by atoms with Crippen LogP contribution in [0.3, 0.4) is 0 Å². The molecule has 9 nitrogen and oxygen atoms in total. The highest BCUT2D eigenvalue weighted by Crippen LogP contribution is 2.44. The van der Waals surface area contributed by atoms with E-state index in [9.17, 15) is 39.0 Å². The molecule has 2 N–H and O–H groups in total. The Morgan fingerprint density at radius 2 is 0.931 bits per heavy atom. The molecular formula is C18H20Cl2O9. The van der Waals surface area contributed by atoms with E-state index in [0.717, 1.165) is 0 Å². The normalized spacial score (nSPS) is 32.1. The van der Waals surface area contributed by atoms with Crippen molar-refractivity contribution in [2.24, 2.45) is 22.7 Å². The van der Waals surface area contributed by atoms with Crippen LogP contribution in [0.4, 0.5) is 0 Å². The van der Waals surface area contributed by atoms with Gasteiger partial charge in [0.15, 0.2) is 10.8 Å². The van der Waals surface area contributed by atoms with E-state index in [-0.39, 0.29) is 51.4 Å². The highest BCUT2D eigenvalue weighted by atomic mass is 35.5. The Balaban J connectivity index is 2.17. The third-order valence-corrected chi connectivity index (χ3v) is 6.72. The monoisotopic (exact) mass is 450 g/mol. The molecule has 0 spiro atoms. The van der Waals surface area contributed by atoms with Crippen molar-refractivity contribution < 1.29 is 43.7 Å². The van der Waals surface area contributed by atoms with Gasteiger partial charge in [0.1, 0.15) is 0 Å². The molecule has 0 aromatic carbocycles. The minimum Gasteiger partial charge on any atom is -0.480 e. The Morgan fingerprint density at radius 3 is 1.14 bits per heavy atom. The fraction of sp³-hybridized carbons (Fsp3) is 0.667. The Kier molecular flexibility index (Phi) is 7.06. The standard InChI is InChI=1S/C18H20Cl2O9/c19-11(21)9-1-5-17(6-2-9,13(23)24)15(27)29-16(28)18(14(25)26)7-3-10(4-8-18)12(20)22/h9-10H,1-8H2,(H,23,24)(H,25,26). The lowest BCUT2D eigenvalue weighted by molar-refractivity contribution is -0.185. The first-order valence-corrected chi connectivity index (χ1v) is 9.84. The van der Waals surface area contributed by atoms with Crippen molar-refractivity contribution in [3.8, 4) is 0 Å². The van der Waals surface area contributed by atoms with Crippen molar-refractivity contribution in [3.05, 3.63) is 0 Å². The average molecular weight is 451 g/mol. The second-order valence-electron chi connectivity index (χ2n) is 7.61. The second kappa shape index (κ2) is 8.79. The molecule has 2 aliphatic rings. The summed E-state index contributed by atoms with van der Waals surface area (Å²) in [7, 11) is 0. The molecule has 29 heavy (non-hydrogen) atoms. The topological polar surface area (TPSA) is 152 Å². The number of hydrogen-bond acceptors (Lipinski definition) is 7. The molecule has 0 amide bonds. The van der Waals surface area contributed by atoms with E-state index in [2.05, 4.69) is 0 Å². The van der Waals surface area contributed by atoms with Gasteiger partial charge in [0.05, 0.1) is 0 Å². The van der Waals surface area contributed by atoms with Crippen LogP contribution in [0, 0.1) is 22.7 Å². The summed E-state index contributed by atoms with van der Waals surface area (Å²) in [6.07, 6.45) is -0.937. The van der Waals surface area contributed by atoms with Crippen molar-refractivity contribution in [2.75, 3.05) is 0 Å². The van der Waals surface area contributed by atoms with E-state index in [4.69, 9.17) is 27.9 Å². The predicted molar refractivity (Wildman–Crippen MR) is 96.9 cm³/mol. The summed E-state index contributed by atoms with van der Waals surface area (Å²) in [4.78, 5) is 71.4. The van der Waals surface area contributed by atoms with Gasteiger partial charge in [-0.2, -0.15) is 0 Å². The molecule has 2 aliphatic carbocycles. The zero-order valence-corrected chi connectivity index (χ0v) is 16.8. The zero-order valence-electron chi connectivity index (χ0n) is 15.3. The van der Waals surface area contributed by atoms with Crippen molar-refractivity contribution in [1.29, 1.82) is 0 Å². The number of hydrogen-bond donors (Lipinski definition) is 2. The highest BCUT2D eigenvalue weighted by molar-refractivity contribution is 6.64. The van der Waals surface area contributed by atoms with Gasteiger partial charge in [-0.25, -0.2) is 0 Å². The van der Waals surface area contributed by atoms with Gasteiger partial charge in [0, 0.05) is 11.8 Å². The lowest BCUT2D eigenvalue weighted by Crippen LogP contribution is -2.49. The first kappa shape index (κ1) is 23.3. The Labute approximate surface area is 175 Å². The molecule has 0 saturated heterocycles. The fourth-order valence-corrected chi connectivity index (χ4v) is 4.40. The maximum atomic E-state index is 12.6. The first-order chi connectivity index (χ1) is 13.5. The molecule has 0 atom stereocenters. The first-order valence-electron chi connectivity index (χ1n) is 9.08. The van der Waals surface area contributed by atoms with E-state index >= 15 is 0 Å². The van der Waals surface area contributed by atoms with Crippen LogP contribution in [0.15, 0.2) is 0 Å². The largest absolute Gasteiger partial charge is 0.480 e. The van der Waals surface area contributed by atoms with Crippen LogP contribution in [0.2, 0.25) is 0 Å². The van der Waals surface area contributed by atoms with Crippen molar-refractivity contribution in [2.45, 2.75) is 51.4 Å². The third-order valence-electron chi connectivity index (χ3n) is 6.11. The summed E-state index contributed by atoms with van der Waals surface area (Å²) < 4.78 is 4.77. The number of ether oxygens (including phenoxy) is 1. The number of carbonyl (C=O) groups is 6. The average Bonchev–Trinajstić information content (AvgIpc) is 2.67. The molecule has 0 radical (unpaired) electrons. The molecule has 0 aromatic heterocycles. The van der Waals surface area contributed by atoms with Crippen LogP contribution in [0.25, 0.3) is 0 Å². The smallest absolute Gasteiger partial charge is 0.331 e. The lowest BCUT2D eigenvalue weighted by Gasteiger charge is -2.36. The van der Waals surface area contributed by atoms with Crippen LogP contribution in [-0.4, -0.2) is 44.6 Å². The van der Waals surface area contributed by atoms with Gasteiger partial charge >= 0.3 is 23.9 Å². The summed E-state index contributed by atoms with van der Waals surface area (Å²) in [6.45, 7) is 0. The summed E-state index contributed by atoms with van der Waals surface area (Å²) in [6, 6.07) is 0. The van der Waals surface area contributed by atoms with Gasteiger partial charge in [-0.15, -0.1) is 0 Å². The number of aliphatic carboxylic acids is 2. The van der Waals surface area contributed by atoms with Crippen LogP contribution < -0.4 is 0 Å². The number of carboxylic acid groups (broad SMARTS) is 2. The van der Waals surface area contributed by atoms with Gasteiger partial charge in [-0.3, -0.25) is 28.8 Å². The maximum absolute atomic E-state index is 12.6. The van der Waals surface area contributed by atoms with E-state index in [1.165, 1.54) is 0 Å². The highest BCUT2D eigenvalue weighted by Gasteiger charge is 2.55. The van der Waals surface area contributed by atoms with E-state index < -0.39 is 57.0 Å². The Morgan fingerprint density at radius 1 is 0.655 bits per heavy atom. The molecule has 0 bridgehead atoms. The second-order valence-corrected chi connectivity index (χ2v) is 8.35. The van der Waals surface area contributed by atoms with Gasteiger partial charge in [0.2, 0.25) is 10.5 Å². The SMILES string of the molecule is O=C(Cl)C1CCC(C(=O)O)(C(=O)OC(=O)C2(C(=O)O)CCC(C(=O)Cl)CC2)CC1. The molecule has 11 heteroatoms. The number of esters is 2. The third kappa shape index (κ3) is 4.45. The van der Waals surface area contributed by atoms with Gasteiger partial charge in [0.25, 0.3) is 0 Å². The van der Waals surface area contributed by atoms with Crippen LogP contribution >= 0.6 is 23.2 Å². The molecule has 0 unspecified atom stereocenters.